The van der Waals surface area contributed by atoms with Crippen molar-refractivity contribution in [3.05, 3.63) is 83.9 Å². The van der Waals surface area contributed by atoms with Crippen molar-refractivity contribution < 1.29 is 0 Å². The van der Waals surface area contributed by atoms with E-state index in [1.165, 1.54) is 22.3 Å². The number of hydrogen-bond donors (Lipinski definition) is 0. The lowest BCUT2D eigenvalue weighted by Gasteiger charge is -2.14. The Morgan fingerprint density at radius 1 is 0.778 bits per heavy atom. The van der Waals surface area contributed by atoms with Gasteiger partial charge in [0, 0.05) is 11.8 Å². The van der Waals surface area contributed by atoms with Gasteiger partial charge in [-0.1, -0.05) is 86.7 Å². The standard InChI is InChI=1S/C25H30N2/c1-18(2)22-11-7-9-13-24(22)20(5)15-26-17-27-16-21(6)25-14-10-8-12-23(25)19(3)4/h7-14,20-21H,1,3,15-16H2,2,4-6H3/t20-,21-/m1/s1. The highest BCUT2D eigenvalue weighted by Crippen LogP contribution is 2.26. The summed E-state index contributed by atoms with van der Waals surface area (Å²) in [5, 5.41) is 0. The third kappa shape index (κ3) is 5.64. The second-order valence-corrected chi connectivity index (χ2v) is 7.32. The molecule has 2 atom stereocenters. The van der Waals surface area contributed by atoms with Crippen LogP contribution in [0.2, 0.25) is 0 Å². The Labute approximate surface area is 164 Å². The minimum absolute atomic E-state index is 0.308. The van der Waals surface area contributed by atoms with Crippen LogP contribution in [0.1, 0.15) is 61.8 Å². The van der Waals surface area contributed by atoms with Crippen LogP contribution in [0.25, 0.3) is 11.1 Å². The molecule has 0 aromatic heterocycles. The van der Waals surface area contributed by atoms with Crippen molar-refractivity contribution in [2.75, 3.05) is 13.1 Å². The number of nitrogens with zero attached hydrogens (tertiary/aromatic N) is 2. The summed E-state index contributed by atoms with van der Waals surface area (Å²) in [6.45, 7) is 17.9. The molecule has 0 unspecified atom stereocenters. The number of hydrogen-bond acceptors (Lipinski definition) is 2. The average molecular weight is 359 g/mol. The van der Waals surface area contributed by atoms with E-state index in [2.05, 4.69) is 91.5 Å². The largest absolute Gasteiger partial charge is 0.225 e. The molecule has 0 spiro atoms. The van der Waals surface area contributed by atoms with E-state index >= 15 is 0 Å². The summed E-state index contributed by atoms with van der Waals surface area (Å²) < 4.78 is 0. The molecule has 0 bridgehead atoms. The summed E-state index contributed by atoms with van der Waals surface area (Å²) >= 11 is 0. The molecule has 2 rings (SSSR count). The zero-order valence-electron chi connectivity index (χ0n) is 17.0. The van der Waals surface area contributed by atoms with Crippen LogP contribution in [0.3, 0.4) is 0 Å². The molecule has 0 N–H and O–H groups in total. The smallest absolute Gasteiger partial charge is 0.0892 e. The van der Waals surface area contributed by atoms with Gasteiger partial charge in [-0.2, -0.15) is 0 Å². The first-order chi connectivity index (χ1) is 12.9. The first kappa shape index (κ1) is 20.6. The number of aliphatic imine (C=N–C) groups is 2. The van der Waals surface area contributed by atoms with Crippen LogP contribution < -0.4 is 0 Å². The SMILES string of the molecule is C=C(C)c1ccccc1[C@H](C)CN=C=NC[C@@H](C)c1ccccc1C(=C)C. The van der Waals surface area contributed by atoms with Gasteiger partial charge >= 0.3 is 0 Å². The van der Waals surface area contributed by atoms with Gasteiger partial charge in [0.25, 0.3) is 0 Å². The van der Waals surface area contributed by atoms with Crippen molar-refractivity contribution in [1.29, 1.82) is 0 Å². The van der Waals surface area contributed by atoms with E-state index in [9.17, 15) is 0 Å². The molecule has 0 heterocycles. The van der Waals surface area contributed by atoms with Crippen molar-refractivity contribution in [2.45, 2.75) is 39.5 Å². The van der Waals surface area contributed by atoms with Gasteiger partial charge in [0.1, 0.15) is 0 Å². The third-order valence-corrected chi connectivity index (χ3v) is 4.77. The van der Waals surface area contributed by atoms with Gasteiger partial charge in [0.05, 0.1) is 19.1 Å². The molecule has 0 aliphatic carbocycles. The maximum atomic E-state index is 4.41. The second kappa shape index (κ2) is 9.85. The Morgan fingerprint density at radius 3 is 1.52 bits per heavy atom. The zero-order chi connectivity index (χ0) is 19.8. The summed E-state index contributed by atoms with van der Waals surface area (Å²) in [6, 6.07) is 19.7. The average Bonchev–Trinajstić information content (AvgIpc) is 2.67. The number of benzene rings is 2. The highest BCUT2D eigenvalue weighted by Gasteiger charge is 2.11. The Hall–Kier alpha value is -2.70. The predicted molar refractivity (Wildman–Crippen MR) is 119 cm³/mol. The Morgan fingerprint density at radius 2 is 1.15 bits per heavy atom. The Balaban J connectivity index is 2.00. The van der Waals surface area contributed by atoms with Crippen LogP contribution in [-0.4, -0.2) is 19.1 Å². The van der Waals surface area contributed by atoms with E-state index in [-0.39, 0.29) is 0 Å². The molecule has 2 heteroatoms. The highest BCUT2D eigenvalue weighted by molar-refractivity contribution is 5.66. The van der Waals surface area contributed by atoms with Gasteiger partial charge in [-0.15, -0.1) is 0 Å². The Kier molecular flexibility index (Phi) is 7.52. The molecular weight excluding hydrogens is 328 g/mol. The second-order valence-electron chi connectivity index (χ2n) is 7.32. The molecule has 2 aromatic rings. The fourth-order valence-electron chi connectivity index (χ4n) is 3.23. The van der Waals surface area contributed by atoms with Crippen molar-refractivity contribution in [2.24, 2.45) is 9.98 Å². The van der Waals surface area contributed by atoms with Gasteiger partial charge in [-0.3, -0.25) is 0 Å². The van der Waals surface area contributed by atoms with Crippen molar-refractivity contribution >= 4 is 17.2 Å². The van der Waals surface area contributed by atoms with Crippen LogP contribution in [0, 0.1) is 0 Å². The molecule has 0 aliphatic heterocycles. The molecule has 27 heavy (non-hydrogen) atoms. The molecule has 0 saturated carbocycles. The van der Waals surface area contributed by atoms with E-state index in [1.54, 1.807) is 0 Å². The predicted octanol–water partition coefficient (Wildman–Crippen LogP) is 6.83. The van der Waals surface area contributed by atoms with E-state index in [0.29, 0.717) is 24.9 Å². The normalized spacial score (nSPS) is 12.6. The van der Waals surface area contributed by atoms with E-state index in [0.717, 1.165) is 11.1 Å². The first-order valence-electron chi connectivity index (χ1n) is 9.49. The molecule has 140 valence electrons. The van der Waals surface area contributed by atoms with E-state index in [1.807, 2.05) is 13.8 Å². The summed E-state index contributed by atoms with van der Waals surface area (Å²) in [4.78, 5) is 8.81. The van der Waals surface area contributed by atoms with Gasteiger partial charge in [-0.25, -0.2) is 9.98 Å². The van der Waals surface area contributed by atoms with Crippen molar-refractivity contribution in [3.8, 4) is 0 Å². The molecule has 0 amide bonds. The summed E-state index contributed by atoms with van der Waals surface area (Å²) in [6.07, 6.45) is 0. The van der Waals surface area contributed by atoms with Gasteiger partial charge in [-0.05, 0) is 36.1 Å². The van der Waals surface area contributed by atoms with Gasteiger partial charge in [0.2, 0.25) is 0 Å². The number of allylic oxidation sites excluding steroid dienone is 2. The molecule has 0 fully saturated rings. The maximum absolute atomic E-state index is 4.41. The Bertz CT molecular complexity index is 800. The lowest BCUT2D eigenvalue weighted by molar-refractivity contribution is 0.764. The highest BCUT2D eigenvalue weighted by atomic mass is 14.8. The minimum Gasteiger partial charge on any atom is -0.225 e. The van der Waals surface area contributed by atoms with Crippen molar-refractivity contribution in [3.63, 3.8) is 0 Å². The van der Waals surface area contributed by atoms with Crippen LogP contribution in [0.4, 0.5) is 0 Å². The lowest BCUT2D eigenvalue weighted by atomic mass is 9.92. The van der Waals surface area contributed by atoms with E-state index in [4.69, 9.17) is 0 Å². The third-order valence-electron chi connectivity index (χ3n) is 4.77. The zero-order valence-corrected chi connectivity index (χ0v) is 17.0. The molecule has 0 saturated heterocycles. The fraction of sp³-hybridized carbons (Fsp3) is 0.320. The molecule has 0 aliphatic rings. The lowest BCUT2D eigenvalue weighted by Crippen LogP contribution is -2.02. The minimum atomic E-state index is 0.308. The molecule has 0 radical (unpaired) electrons. The van der Waals surface area contributed by atoms with Gasteiger partial charge < -0.3 is 0 Å². The first-order valence-corrected chi connectivity index (χ1v) is 9.49. The summed E-state index contributed by atoms with van der Waals surface area (Å²) in [5.41, 5.74) is 7.14. The molecular formula is C25H30N2. The van der Waals surface area contributed by atoms with Crippen molar-refractivity contribution in [1.82, 2.24) is 0 Å². The van der Waals surface area contributed by atoms with Crippen LogP contribution in [0.5, 0.6) is 0 Å². The van der Waals surface area contributed by atoms with Gasteiger partial charge in [0.15, 0.2) is 0 Å². The quantitative estimate of drug-likeness (QED) is 0.462. The van der Waals surface area contributed by atoms with Crippen LogP contribution >= 0.6 is 0 Å². The number of rotatable bonds is 8. The molecule has 2 nitrogen and oxygen atoms in total. The van der Waals surface area contributed by atoms with Crippen LogP contribution in [-0.2, 0) is 0 Å². The summed E-state index contributed by atoms with van der Waals surface area (Å²) in [5.74, 6) is 0.615. The van der Waals surface area contributed by atoms with E-state index < -0.39 is 0 Å². The van der Waals surface area contributed by atoms with Crippen LogP contribution in [0.15, 0.2) is 71.7 Å². The fourth-order valence-corrected chi connectivity index (χ4v) is 3.23. The summed E-state index contributed by atoms with van der Waals surface area (Å²) in [7, 11) is 0. The maximum Gasteiger partial charge on any atom is 0.0892 e. The topological polar surface area (TPSA) is 24.7 Å². The monoisotopic (exact) mass is 358 g/mol. The molecule has 2 aromatic carbocycles.